The van der Waals surface area contributed by atoms with E-state index in [0.29, 0.717) is 40.5 Å². The van der Waals surface area contributed by atoms with Gasteiger partial charge in [0.05, 0.1) is 17.3 Å². The van der Waals surface area contributed by atoms with Gasteiger partial charge >= 0.3 is 0 Å². The van der Waals surface area contributed by atoms with Crippen molar-refractivity contribution >= 4 is 44.8 Å². The zero-order valence-electron chi connectivity index (χ0n) is 24.5. The van der Waals surface area contributed by atoms with Gasteiger partial charge in [-0.3, -0.25) is 4.79 Å². The van der Waals surface area contributed by atoms with Gasteiger partial charge < -0.3 is 19.9 Å². The van der Waals surface area contributed by atoms with E-state index in [1.165, 1.54) is 30.3 Å². The summed E-state index contributed by atoms with van der Waals surface area (Å²) < 4.78 is 52.6. The van der Waals surface area contributed by atoms with Crippen LogP contribution in [0.3, 0.4) is 0 Å². The first-order valence-corrected chi connectivity index (χ1v) is 16.9. The van der Waals surface area contributed by atoms with Crippen molar-refractivity contribution in [2.75, 3.05) is 19.0 Å². The third-order valence-electron chi connectivity index (χ3n) is 7.50. The number of benzene rings is 4. The van der Waals surface area contributed by atoms with Gasteiger partial charge in [-0.05, 0) is 66.2 Å². The van der Waals surface area contributed by atoms with Gasteiger partial charge in [-0.25, -0.2) is 17.8 Å². The van der Waals surface area contributed by atoms with Crippen LogP contribution in [0.1, 0.15) is 35.6 Å². The lowest BCUT2D eigenvalue weighted by Crippen LogP contribution is -2.49. The monoisotopic (exact) mass is 684 g/mol. The molecule has 12 heteroatoms. The van der Waals surface area contributed by atoms with Crippen LogP contribution >= 0.6 is 23.2 Å². The molecule has 4 aromatic rings. The Hall–Kier alpha value is -3.96. The lowest BCUT2D eigenvalue weighted by Gasteiger charge is -2.31. The quantitative estimate of drug-likeness (QED) is 0.159. The van der Waals surface area contributed by atoms with E-state index in [0.717, 1.165) is 0 Å². The smallest absolute Gasteiger partial charge is 0.252 e. The van der Waals surface area contributed by atoms with Crippen LogP contribution in [0.2, 0.25) is 10.0 Å². The summed E-state index contributed by atoms with van der Waals surface area (Å²) in [5.41, 5.74) is -0.250. The molecule has 1 heterocycles. The number of amides is 1. The molecule has 46 heavy (non-hydrogen) atoms. The number of carbonyl (C=O) groups excluding carboxylic acids is 1. The fourth-order valence-corrected chi connectivity index (χ4v) is 6.93. The van der Waals surface area contributed by atoms with Crippen molar-refractivity contribution in [3.8, 4) is 5.75 Å². The van der Waals surface area contributed by atoms with Crippen LogP contribution in [-0.2, 0) is 25.9 Å². The van der Waals surface area contributed by atoms with E-state index in [1.807, 2.05) is 0 Å². The zero-order valence-corrected chi connectivity index (χ0v) is 26.9. The van der Waals surface area contributed by atoms with E-state index < -0.39 is 39.0 Å². The fourth-order valence-electron chi connectivity index (χ4n) is 5.03. The highest BCUT2D eigenvalue weighted by Crippen LogP contribution is 2.45. The molecule has 0 aromatic heterocycles. The Morgan fingerprint density at radius 2 is 1.72 bits per heavy atom. The number of sulfone groups is 1. The van der Waals surface area contributed by atoms with Crippen LogP contribution in [-0.4, -0.2) is 49.8 Å². The number of hydrogen-bond acceptors (Lipinski definition) is 7. The molecule has 0 radical (unpaired) electrons. The van der Waals surface area contributed by atoms with Crippen LogP contribution in [0.25, 0.3) is 0 Å². The minimum Gasteiger partial charge on any atom is -0.494 e. The largest absolute Gasteiger partial charge is 0.494 e. The van der Waals surface area contributed by atoms with Gasteiger partial charge in [0.15, 0.2) is 21.5 Å². The molecule has 0 aliphatic carbocycles. The van der Waals surface area contributed by atoms with Crippen LogP contribution < -0.4 is 10.1 Å². The Morgan fingerprint density at radius 1 is 1.00 bits per heavy atom. The summed E-state index contributed by atoms with van der Waals surface area (Å²) in [5.74, 6) is -0.786. The Kier molecular flexibility index (Phi) is 10.6. The molecule has 2 N–H and O–H groups in total. The zero-order chi connectivity index (χ0) is 32.7. The van der Waals surface area contributed by atoms with Crippen molar-refractivity contribution in [1.29, 1.82) is 0 Å². The second-order valence-corrected chi connectivity index (χ2v) is 13.6. The van der Waals surface area contributed by atoms with Gasteiger partial charge in [0.25, 0.3) is 5.91 Å². The van der Waals surface area contributed by atoms with Crippen LogP contribution in [0.4, 0.5) is 4.39 Å². The van der Waals surface area contributed by atoms with E-state index in [1.54, 1.807) is 66.7 Å². The summed E-state index contributed by atoms with van der Waals surface area (Å²) >= 11 is 12.8. The SMILES string of the molecule is O=C(NCc1ccc(F)cc1)[C@]1(CCS(=O)(=O)c2ccccc2)N=C(c2ccc(OCCCO)cc2)O[C@@H]1c1ccc(Cl)cc1Cl. The maximum absolute atomic E-state index is 14.3. The molecule has 240 valence electrons. The Labute approximate surface area is 276 Å². The van der Waals surface area contributed by atoms with E-state index in [2.05, 4.69) is 5.32 Å². The molecule has 0 saturated carbocycles. The van der Waals surface area contributed by atoms with Gasteiger partial charge in [0, 0.05) is 47.2 Å². The number of aliphatic hydroxyl groups is 1. The average Bonchev–Trinajstić information content (AvgIpc) is 3.45. The highest BCUT2D eigenvalue weighted by Gasteiger charge is 2.54. The summed E-state index contributed by atoms with van der Waals surface area (Å²) in [6.45, 7) is 0.360. The van der Waals surface area contributed by atoms with E-state index in [4.69, 9.17) is 42.8 Å². The summed E-state index contributed by atoms with van der Waals surface area (Å²) in [5, 5.41) is 12.5. The first kappa shape index (κ1) is 33.4. The van der Waals surface area contributed by atoms with Gasteiger partial charge in [-0.2, -0.15) is 0 Å². The second-order valence-electron chi connectivity index (χ2n) is 10.6. The third kappa shape index (κ3) is 7.70. The summed E-state index contributed by atoms with van der Waals surface area (Å²) in [4.78, 5) is 19.3. The minimum atomic E-state index is -3.85. The van der Waals surface area contributed by atoms with Crippen LogP contribution in [0.15, 0.2) is 107 Å². The summed E-state index contributed by atoms with van der Waals surface area (Å²) in [6, 6.07) is 25.2. The van der Waals surface area contributed by atoms with Crippen molar-refractivity contribution < 1.29 is 32.2 Å². The number of carbonyl (C=O) groups is 1. The molecule has 0 fully saturated rings. The van der Waals surface area contributed by atoms with Crippen molar-refractivity contribution in [3.63, 3.8) is 0 Å². The van der Waals surface area contributed by atoms with Crippen molar-refractivity contribution in [1.82, 2.24) is 5.32 Å². The molecule has 0 spiro atoms. The maximum Gasteiger partial charge on any atom is 0.252 e. The number of halogens is 3. The molecule has 1 aliphatic rings. The third-order valence-corrected chi connectivity index (χ3v) is 9.79. The Bertz CT molecular complexity index is 1810. The van der Waals surface area contributed by atoms with Gasteiger partial charge in [0.1, 0.15) is 11.6 Å². The molecule has 5 rings (SSSR count). The van der Waals surface area contributed by atoms with E-state index in [9.17, 15) is 17.6 Å². The van der Waals surface area contributed by atoms with E-state index in [-0.39, 0.29) is 35.4 Å². The Morgan fingerprint density at radius 3 is 2.39 bits per heavy atom. The van der Waals surface area contributed by atoms with Crippen molar-refractivity contribution in [2.24, 2.45) is 4.99 Å². The molecule has 0 bridgehead atoms. The van der Waals surface area contributed by atoms with Crippen molar-refractivity contribution in [3.05, 3.63) is 130 Å². The lowest BCUT2D eigenvalue weighted by molar-refractivity contribution is -0.129. The van der Waals surface area contributed by atoms with Crippen LogP contribution in [0.5, 0.6) is 5.75 Å². The molecule has 8 nitrogen and oxygen atoms in total. The molecule has 0 saturated heterocycles. The molecule has 1 amide bonds. The standard InChI is InChI=1S/C34H31Cl2FN2O6S/c35-25-11-16-29(30(36)21-25)31-34(17-20-46(42,43)28-5-2-1-3-6-28,33(41)38-22-23-7-12-26(37)13-8-23)39-32(45-31)24-9-14-27(15-10-24)44-19-4-18-40/h1-3,5-16,21,31,40H,4,17-20,22H2,(H,38,41)/t31-,34-/m1/s1. The van der Waals surface area contributed by atoms with Gasteiger partial charge in [-0.1, -0.05) is 59.6 Å². The summed E-state index contributed by atoms with van der Waals surface area (Å²) in [7, 11) is -3.85. The molecular formula is C34H31Cl2FN2O6S. The predicted octanol–water partition coefficient (Wildman–Crippen LogP) is 6.33. The topological polar surface area (TPSA) is 114 Å². The first-order chi connectivity index (χ1) is 22.1. The van der Waals surface area contributed by atoms with Crippen molar-refractivity contribution in [2.45, 2.75) is 35.9 Å². The minimum absolute atomic E-state index is 0.00265. The highest BCUT2D eigenvalue weighted by molar-refractivity contribution is 7.91. The van der Waals surface area contributed by atoms with E-state index >= 15 is 0 Å². The molecule has 0 unspecified atom stereocenters. The number of nitrogens with one attached hydrogen (secondary N) is 1. The lowest BCUT2D eigenvalue weighted by atomic mass is 9.85. The summed E-state index contributed by atoms with van der Waals surface area (Å²) in [6.07, 6.45) is -0.913. The molecular weight excluding hydrogens is 654 g/mol. The number of rotatable bonds is 13. The first-order valence-electron chi connectivity index (χ1n) is 14.5. The molecule has 2 atom stereocenters. The maximum atomic E-state index is 14.3. The second kappa shape index (κ2) is 14.6. The number of ether oxygens (including phenoxy) is 2. The fraction of sp³-hybridized carbons (Fsp3) is 0.235. The molecule has 1 aliphatic heterocycles. The number of aliphatic hydroxyl groups excluding tert-OH is 1. The normalized spacial score (nSPS) is 17.7. The highest BCUT2D eigenvalue weighted by atomic mass is 35.5. The number of aliphatic imine (C=N–C) groups is 1. The number of hydrogen-bond donors (Lipinski definition) is 2. The Balaban J connectivity index is 1.56. The van der Waals surface area contributed by atoms with Gasteiger partial charge in [-0.15, -0.1) is 0 Å². The van der Waals surface area contributed by atoms with Crippen LogP contribution in [0, 0.1) is 5.82 Å². The number of nitrogens with zero attached hydrogens (tertiary/aromatic N) is 1. The average molecular weight is 686 g/mol. The van der Waals surface area contributed by atoms with Gasteiger partial charge in [0.2, 0.25) is 5.90 Å². The molecule has 4 aromatic carbocycles. The predicted molar refractivity (Wildman–Crippen MR) is 175 cm³/mol.